The van der Waals surface area contributed by atoms with Gasteiger partial charge in [-0.1, -0.05) is 6.92 Å². The molecule has 0 unspecified atom stereocenters. The average molecular weight is 315 g/mol. The predicted octanol–water partition coefficient (Wildman–Crippen LogP) is 1.11. The lowest BCUT2D eigenvalue weighted by molar-refractivity contribution is -0.385. The summed E-state index contributed by atoms with van der Waals surface area (Å²) in [5.74, 6) is -0.515. The van der Waals surface area contributed by atoms with E-state index < -0.39 is 31.4 Å². The molecule has 0 fully saturated rings. The van der Waals surface area contributed by atoms with E-state index in [9.17, 15) is 23.3 Å². The van der Waals surface area contributed by atoms with Gasteiger partial charge in [-0.3, -0.25) is 14.9 Å². The molecule has 0 atom stereocenters. The zero-order valence-electron chi connectivity index (χ0n) is 11.8. The molecule has 21 heavy (non-hydrogen) atoms. The highest BCUT2D eigenvalue weighted by Gasteiger charge is 2.25. The number of benzene rings is 1. The topological polar surface area (TPSA) is 124 Å². The molecule has 116 valence electrons. The molecule has 8 nitrogen and oxygen atoms in total. The molecule has 0 spiro atoms. The van der Waals surface area contributed by atoms with Gasteiger partial charge in [-0.25, -0.2) is 13.6 Å². The van der Waals surface area contributed by atoms with Crippen molar-refractivity contribution < 1.29 is 18.1 Å². The van der Waals surface area contributed by atoms with Gasteiger partial charge in [0, 0.05) is 25.2 Å². The average Bonchev–Trinajstić information content (AvgIpc) is 2.42. The first-order chi connectivity index (χ1) is 9.72. The second-order valence-electron chi connectivity index (χ2n) is 4.37. The third kappa shape index (κ3) is 3.99. The van der Waals surface area contributed by atoms with Gasteiger partial charge in [-0.2, -0.15) is 0 Å². The third-order valence-electron chi connectivity index (χ3n) is 2.88. The van der Waals surface area contributed by atoms with Crippen molar-refractivity contribution >= 4 is 21.6 Å². The Balaban J connectivity index is 3.42. The van der Waals surface area contributed by atoms with Gasteiger partial charge in [0.15, 0.2) is 0 Å². The minimum atomic E-state index is -4.24. The van der Waals surface area contributed by atoms with E-state index in [4.69, 9.17) is 5.14 Å². The highest BCUT2D eigenvalue weighted by atomic mass is 32.2. The van der Waals surface area contributed by atoms with E-state index in [0.29, 0.717) is 19.5 Å². The van der Waals surface area contributed by atoms with Crippen LogP contribution in [0, 0.1) is 10.1 Å². The van der Waals surface area contributed by atoms with E-state index in [0.717, 1.165) is 18.2 Å². The van der Waals surface area contributed by atoms with Gasteiger partial charge in [0.2, 0.25) is 10.0 Å². The third-order valence-corrected chi connectivity index (χ3v) is 3.83. The van der Waals surface area contributed by atoms with Gasteiger partial charge in [0.1, 0.15) is 4.90 Å². The summed E-state index contributed by atoms with van der Waals surface area (Å²) in [6.45, 7) is 4.49. The number of carbonyl (C=O) groups is 1. The van der Waals surface area contributed by atoms with Crippen LogP contribution in [0.1, 0.15) is 30.6 Å². The smallest absolute Gasteiger partial charge is 0.270 e. The van der Waals surface area contributed by atoms with Crippen LogP contribution in [0.25, 0.3) is 0 Å². The van der Waals surface area contributed by atoms with E-state index in [2.05, 4.69) is 0 Å². The maximum Gasteiger partial charge on any atom is 0.270 e. The molecule has 0 radical (unpaired) electrons. The number of nitrogens with zero attached hydrogens (tertiary/aromatic N) is 2. The number of carbonyl (C=O) groups excluding carboxylic acids is 1. The van der Waals surface area contributed by atoms with E-state index in [1.54, 1.807) is 6.92 Å². The Bertz CT molecular complexity index is 657. The fourth-order valence-corrected chi connectivity index (χ4v) is 2.63. The molecule has 1 amide bonds. The number of non-ortho nitro benzene ring substituents is 1. The molecule has 0 aromatic heterocycles. The Morgan fingerprint density at radius 2 is 2.00 bits per heavy atom. The number of hydrogen-bond acceptors (Lipinski definition) is 5. The van der Waals surface area contributed by atoms with Crippen molar-refractivity contribution in [2.45, 2.75) is 25.2 Å². The van der Waals surface area contributed by atoms with E-state index in [1.807, 2.05) is 6.92 Å². The molecule has 9 heteroatoms. The summed E-state index contributed by atoms with van der Waals surface area (Å²) in [5.41, 5.74) is -0.590. The summed E-state index contributed by atoms with van der Waals surface area (Å²) >= 11 is 0. The number of primary sulfonamides is 1. The lowest BCUT2D eigenvalue weighted by Gasteiger charge is -2.21. The number of sulfonamides is 1. The molecule has 0 heterocycles. The zero-order valence-corrected chi connectivity index (χ0v) is 12.6. The second-order valence-corrected chi connectivity index (χ2v) is 5.90. The number of rotatable bonds is 6. The quantitative estimate of drug-likeness (QED) is 0.622. The molecule has 0 aliphatic rings. The lowest BCUT2D eigenvalue weighted by atomic mass is 10.1. The Morgan fingerprint density at radius 3 is 2.43 bits per heavy atom. The molecule has 1 rings (SSSR count). The zero-order chi connectivity index (χ0) is 16.2. The Morgan fingerprint density at radius 1 is 1.38 bits per heavy atom. The number of nitrogens with two attached hydrogens (primary N) is 1. The Kier molecular flexibility index (Phi) is 5.39. The first kappa shape index (κ1) is 17.1. The minimum absolute atomic E-state index is 0.154. The molecule has 0 aliphatic carbocycles. The highest BCUT2D eigenvalue weighted by molar-refractivity contribution is 7.89. The first-order valence-electron chi connectivity index (χ1n) is 6.32. The normalized spacial score (nSPS) is 11.2. The van der Waals surface area contributed by atoms with Crippen LogP contribution < -0.4 is 5.14 Å². The first-order valence-corrected chi connectivity index (χ1v) is 7.87. The Hall–Kier alpha value is -2.00. The van der Waals surface area contributed by atoms with E-state index >= 15 is 0 Å². The molecule has 1 aromatic rings. The maximum atomic E-state index is 12.4. The van der Waals surface area contributed by atoms with Gasteiger partial charge in [-0.15, -0.1) is 0 Å². The number of amides is 1. The summed E-state index contributed by atoms with van der Waals surface area (Å²) in [6, 6.07) is 3.02. The summed E-state index contributed by atoms with van der Waals surface area (Å²) < 4.78 is 23.2. The lowest BCUT2D eigenvalue weighted by Crippen LogP contribution is -2.33. The van der Waals surface area contributed by atoms with Crippen molar-refractivity contribution in [1.29, 1.82) is 0 Å². The Labute approximate surface area is 122 Å². The molecule has 2 N–H and O–H groups in total. The van der Waals surface area contributed by atoms with Crippen molar-refractivity contribution in [2.75, 3.05) is 13.1 Å². The molecular formula is C12H17N3O5S. The summed E-state index contributed by atoms with van der Waals surface area (Å²) in [7, 11) is -4.24. The van der Waals surface area contributed by atoms with Crippen LogP contribution in [0.3, 0.4) is 0 Å². The summed E-state index contributed by atoms with van der Waals surface area (Å²) in [5, 5.41) is 15.8. The molecule has 0 saturated carbocycles. The van der Waals surface area contributed by atoms with E-state index in [-0.39, 0.29) is 5.56 Å². The van der Waals surface area contributed by atoms with Crippen molar-refractivity contribution in [3.8, 4) is 0 Å². The van der Waals surface area contributed by atoms with Gasteiger partial charge in [-0.05, 0) is 19.4 Å². The standard InChI is InChI=1S/C12H17N3O5S/c1-3-7-14(4-2)12(16)10-6-5-9(15(17)18)8-11(10)21(13,19)20/h5-6,8H,3-4,7H2,1-2H3,(H2,13,19,20). The van der Waals surface area contributed by atoms with Crippen molar-refractivity contribution in [3.63, 3.8) is 0 Å². The van der Waals surface area contributed by atoms with E-state index in [1.165, 1.54) is 4.90 Å². The van der Waals surface area contributed by atoms with Crippen LogP contribution in [0.5, 0.6) is 0 Å². The fourth-order valence-electron chi connectivity index (χ4n) is 1.88. The van der Waals surface area contributed by atoms with Crippen molar-refractivity contribution in [3.05, 3.63) is 33.9 Å². The molecule has 1 aromatic carbocycles. The molecular weight excluding hydrogens is 298 g/mol. The molecule has 0 aliphatic heterocycles. The number of hydrogen-bond donors (Lipinski definition) is 1. The second kappa shape index (κ2) is 6.64. The van der Waals surface area contributed by atoms with Gasteiger partial charge < -0.3 is 4.90 Å². The van der Waals surface area contributed by atoms with Crippen LogP contribution >= 0.6 is 0 Å². The van der Waals surface area contributed by atoms with Crippen molar-refractivity contribution in [1.82, 2.24) is 4.90 Å². The van der Waals surface area contributed by atoms with Gasteiger partial charge >= 0.3 is 0 Å². The maximum absolute atomic E-state index is 12.4. The van der Waals surface area contributed by atoms with Crippen LogP contribution in [-0.4, -0.2) is 37.2 Å². The molecule has 0 saturated heterocycles. The highest BCUT2D eigenvalue weighted by Crippen LogP contribution is 2.22. The summed E-state index contributed by atoms with van der Waals surface area (Å²) in [4.78, 5) is 23.3. The van der Waals surface area contributed by atoms with Crippen LogP contribution in [0.2, 0.25) is 0 Å². The van der Waals surface area contributed by atoms with Crippen LogP contribution in [0.4, 0.5) is 5.69 Å². The predicted molar refractivity (Wildman–Crippen MR) is 76.3 cm³/mol. The van der Waals surface area contributed by atoms with Crippen molar-refractivity contribution in [2.24, 2.45) is 5.14 Å². The number of nitro groups is 1. The fraction of sp³-hybridized carbons (Fsp3) is 0.417. The largest absolute Gasteiger partial charge is 0.339 e. The minimum Gasteiger partial charge on any atom is -0.339 e. The number of nitro benzene ring substituents is 1. The SMILES string of the molecule is CCCN(CC)C(=O)c1ccc([N+](=O)[O-])cc1S(N)(=O)=O. The summed E-state index contributed by atoms with van der Waals surface area (Å²) in [6.07, 6.45) is 0.706. The molecule has 0 bridgehead atoms. The van der Waals surface area contributed by atoms with Gasteiger partial charge in [0.25, 0.3) is 11.6 Å². The van der Waals surface area contributed by atoms with Crippen LogP contribution in [-0.2, 0) is 10.0 Å². The van der Waals surface area contributed by atoms with Gasteiger partial charge in [0.05, 0.1) is 10.5 Å². The van der Waals surface area contributed by atoms with Crippen LogP contribution in [0.15, 0.2) is 23.1 Å². The monoisotopic (exact) mass is 315 g/mol.